The Morgan fingerprint density at radius 3 is 2.53 bits per heavy atom. The molecule has 3 nitrogen and oxygen atoms in total. The molecule has 2 atom stereocenters. The van der Waals surface area contributed by atoms with E-state index in [1.165, 1.54) is 7.11 Å². The van der Waals surface area contributed by atoms with Crippen molar-refractivity contribution in [2.75, 3.05) is 26.3 Å². The van der Waals surface area contributed by atoms with Crippen molar-refractivity contribution in [2.24, 2.45) is 0 Å². The number of hydrogen-bond acceptors (Lipinski definition) is 3. The fraction of sp³-hybridized carbons (Fsp3) is 0.500. The molecule has 1 aromatic rings. The molecule has 0 bridgehead atoms. The van der Waals surface area contributed by atoms with Gasteiger partial charge in [-0.25, -0.2) is 4.39 Å². The SMILES string of the molecule is COCO[C@@H](CF)CS(=O)c1ccc(C)cc1. The number of aryl methyl sites for hydroxylation is 1. The summed E-state index contributed by atoms with van der Waals surface area (Å²) in [6, 6.07) is 7.34. The first-order chi connectivity index (χ1) is 8.17. The van der Waals surface area contributed by atoms with Gasteiger partial charge in [-0.1, -0.05) is 17.7 Å². The van der Waals surface area contributed by atoms with Gasteiger partial charge in [-0.15, -0.1) is 0 Å². The number of ether oxygens (including phenoxy) is 2. The average molecular weight is 260 g/mol. The van der Waals surface area contributed by atoms with Crippen molar-refractivity contribution >= 4 is 10.8 Å². The molecule has 1 rings (SSSR count). The summed E-state index contributed by atoms with van der Waals surface area (Å²) >= 11 is 0. The molecule has 0 fully saturated rings. The van der Waals surface area contributed by atoms with Crippen LogP contribution in [0.25, 0.3) is 0 Å². The Morgan fingerprint density at radius 2 is 2.00 bits per heavy atom. The molecule has 0 aliphatic rings. The second-order valence-electron chi connectivity index (χ2n) is 3.67. The third-order valence-corrected chi connectivity index (χ3v) is 3.69. The van der Waals surface area contributed by atoms with Crippen molar-refractivity contribution in [3.63, 3.8) is 0 Å². The van der Waals surface area contributed by atoms with Gasteiger partial charge in [0.25, 0.3) is 0 Å². The lowest BCUT2D eigenvalue weighted by molar-refractivity contribution is -0.0696. The topological polar surface area (TPSA) is 35.5 Å². The summed E-state index contributed by atoms with van der Waals surface area (Å²) in [6.07, 6.45) is -0.683. The largest absolute Gasteiger partial charge is 0.359 e. The van der Waals surface area contributed by atoms with Crippen molar-refractivity contribution in [1.82, 2.24) is 0 Å². The zero-order valence-electron chi connectivity index (χ0n) is 10.0. The fourth-order valence-electron chi connectivity index (χ4n) is 1.26. The van der Waals surface area contributed by atoms with Crippen molar-refractivity contribution in [3.05, 3.63) is 29.8 Å². The highest BCUT2D eigenvalue weighted by Crippen LogP contribution is 2.10. The van der Waals surface area contributed by atoms with E-state index >= 15 is 0 Å². The predicted octanol–water partition coefficient (Wildman–Crippen LogP) is 2.06. The maximum absolute atomic E-state index is 12.6. The van der Waals surface area contributed by atoms with Crippen molar-refractivity contribution < 1.29 is 18.1 Å². The molecule has 0 saturated carbocycles. The van der Waals surface area contributed by atoms with Crippen LogP contribution in [0.2, 0.25) is 0 Å². The zero-order chi connectivity index (χ0) is 12.7. The number of alkyl halides is 1. The quantitative estimate of drug-likeness (QED) is 0.704. The van der Waals surface area contributed by atoms with E-state index in [0.717, 1.165) is 5.56 Å². The Kier molecular flexibility index (Phi) is 6.32. The van der Waals surface area contributed by atoms with E-state index in [-0.39, 0.29) is 12.5 Å². The van der Waals surface area contributed by atoms with Gasteiger partial charge in [-0.2, -0.15) is 0 Å². The summed E-state index contributed by atoms with van der Waals surface area (Å²) in [5.74, 6) is 0.142. The lowest BCUT2D eigenvalue weighted by Gasteiger charge is -2.13. The van der Waals surface area contributed by atoms with E-state index in [9.17, 15) is 8.60 Å². The fourth-order valence-corrected chi connectivity index (χ4v) is 2.41. The van der Waals surface area contributed by atoms with Crippen LogP contribution in [-0.2, 0) is 20.3 Å². The second-order valence-corrected chi connectivity index (χ2v) is 5.17. The van der Waals surface area contributed by atoms with Crippen LogP contribution >= 0.6 is 0 Å². The van der Waals surface area contributed by atoms with Gasteiger partial charge in [0.2, 0.25) is 0 Å². The van der Waals surface area contributed by atoms with Gasteiger partial charge >= 0.3 is 0 Å². The first kappa shape index (κ1) is 14.3. The van der Waals surface area contributed by atoms with E-state index in [1.54, 1.807) is 12.1 Å². The summed E-state index contributed by atoms with van der Waals surface area (Å²) in [6.45, 7) is 1.30. The van der Waals surface area contributed by atoms with Gasteiger partial charge < -0.3 is 9.47 Å². The summed E-state index contributed by atoms with van der Waals surface area (Å²) < 4.78 is 34.3. The van der Waals surface area contributed by atoms with Crippen molar-refractivity contribution in [2.45, 2.75) is 17.9 Å². The lowest BCUT2D eigenvalue weighted by atomic mass is 10.2. The van der Waals surface area contributed by atoms with Crippen LogP contribution in [-0.4, -0.2) is 36.6 Å². The Hall–Kier alpha value is -0.780. The Morgan fingerprint density at radius 1 is 1.35 bits per heavy atom. The van der Waals surface area contributed by atoms with Crippen LogP contribution in [0, 0.1) is 6.92 Å². The number of methoxy groups -OCH3 is 1. The minimum Gasteiger partial charge on any atom is -0.359 e. The number of benzene rings is 1. The molecule has 0 saturated heterocycles. The van der Waals surface area contributed by atoms with Crippen LogP contribution in [0.1, 0.15) is 5.56 Å². The molecule has 1 unspecified atom stereocenters. The first-order valence-corrected chi connectivity index (χ1v) is 6.60. The second kappa shape index (κ2) is 7.53. The monoisotopic (exact) mass is 260 g/mol. The van der Waals surface area contributed by atoms with E-state index in [0.29, 0.717) is 4.90 Å². The molecule has 0 heterocycles. The molecule has 17 heavy (non-hydrogen) atoms. The Bertz CT molecular complexity index is 353. The Labute approximate surface area is 103 Å². The first-order valence-electron chi connectivity index (χ1n) is 5.29. The summed E-state index contributed by atoms with van der Waals surface area (Å²) in [5.41, 5.74) is 1.10. The summed E-state index contributed by atoms with van der Waals surface area (Å²) in [4.78, 5) is 0.690. The standard InChI is InChI=1S/C12H17FO3S/c1-10-3-5-12(6-4-10)17(14)8-11(7-13)16-9-15-2/h3-6,11H,7-9H2,1-2H3/t11-,17?/m0/s1. The van der Waals surface area contributed by atoms with Crippen LogP contribution in [0.3, 0.4) is 0 Å². The molecule has 0 spiro atoms. The minimum atomic E-state index is -1.25. The maximum atomic E-state index is 12.6. The smallest absolute Gasteiger partial charge is 0.146 e. The van der Waals surface area contributed by atoms with Gasteiger partial charge in [0.15, 0.2) is 0 Å². The lowest BCUT2D eigenvalue weighted by Crippen LogP contribution is -2.24. The molecule has 5 heteroatoms. The van der Waals surface area contributed by atoms with Crippen LogP contribution in [0.15, 0.2) is 29.2 Å². The molecule has 96 valence electrons. The predicted molar refractivity (Wildman–Crippen MR) is 65.2 cm³/mol. The van der Waals surface area contributed by atoms with Gasteiger partial charge in [0.05, 0.1) is 16.6 Å². The zero-order valence-corrected chi connectivity index (χ0v) is 10.8. The summed E-state index contributed by atoms with van der Waals surface area (Å²) in [7, 11) is 0.219. The molecule has 0 amide bonds. The van der Waals surface area contributed by atoms with Gasteiger partial charge in [-0.3, -0.25) is 4.21 Å². The highest BCUT2D eigenvalue weighted by Gasteiger charge is 2.14. The molecular formula is C12H17FO3S. The van der Waals surface area contributed by atoms with E-state index in [4.69, 9.17) is 4.74 Å². The molecule has 0 aliphatic heterocycles. The van der Waals surface area contributed by atoms with Gasteiger partial charge in [-0.05, 0) is 19.1 Å². The molecule has 1 aromatic carbocycles. The third kappa shape index (κ3) is 4.93. The highest BCUT2D eigenvalue weighted by molar-refractivity contribution is 7.85. The van der Waals surface area contributed by atoms with E-state index in [1.807, 2.05) is 19.1 Å². The van der Waals surface area contributed by atoms with Gasteiger partial charge in [0.1, 0.15) is 19.6 Å². The van der Waals surface area contributed by atoms with E-state index in [2.05, 4.69) is 4.74 Å². The minimum absolute atomic E-state index is 0.0136. The Balaban J connectivity index is 2.54. The number of hydrogen-bond donors (Lipinski definition) is 0. The van der Waals surface area contributed by atoms with Gasteiger partial charge in [0, 0.05) is 12.0 Å². The van der Waals surface area contributed by atoms with Crippen molar-refractivity contribution in [3.8, 4) is 0 Å². The van der Waals surface area contributed by atoms with Crippen molar-refractivity contribution in [1.29, 1.82) is 0 Å². The highest BCUT2D eigenvalue weighted by atomic mass is 32.2. The van der Waals surface area contributed by atoms with Crippen LogP contribution in [0.5, 0.6) is 0 Å². The molecule has 0 N–H and O–H groups in total. The maximum Gasteiger partial charge on any atom is 0.146 e. The number of halogens is 1. The molecular weight excluding hydrogens is 243 g/mol. The summed E-state index contributed by atoms with van der Waals surface area (Å²) in [5, 5.41) is 0. The van der Waals surface area contributed by atoms with Crippen LogP contribution in [0.4, 0.5) is 4.39 Å². The normalized spacial score (nSPS) is 14.5. The van der Waals surface area contributed by atoms with E-state index < -0.39 is 23.6 Å². The van der Waals surface area contributed by atoms with Crippen LogP contribution < -0.4 is 0 Å². The molecule has 0 aromatic heterocycles. The third-order valence-electron chi connectivity index (χ3n) is 2.21. The molecule has 0 aliphatic carbocycles. The number of rotatable bonds is 7. The average Bonchev–Trinajstić information content (AvgIpc) is 2.35. The molecule has 0 radical (unpaired) electrons.